The second kappa shape index (κ2) is 14.4. The van der Waals surface area contributed by atoms with E-state index < -0.39 is 6.67 Å². The summed E-state index contributed by atoms with van der Waals surface area (Å²) >= 11 is 0. The maximum absolute atomic E-state index is 12.1. The summed E-state index contributed by atoms with van der Waals surface area (Å²) in [5.41, 5.74) is 4.31. The summed E-state index contributed by atoms with van der Waals surface area (Å²) in [5.74, 6) is 6.61. The van der Waals surface area contributed by atoms with Crippen LogP contribution in [0.2, 0.25) is 0 Å². The van der Waals surface area contributed by atoms with Crippen LogP contribution in [0.15, 0.2) is 67.0 Å². The Morgan fingerprint density at radius 1 is 0.711 bits per heavy atom. The van der Waals surface area contributed by atoms with Crippen molar-refractivity contribution in [1.82, 2.24) is 4.98 Å². The minimum Gasteiger partial charge on any atom is -0.265 e. The Bertz CT molecular complexity index is 1220. The molecule has 242 valence electrons. The third-order valence-electron chi connectivity index (χ3n) is 12.2. The second-order valence-electron chi connectivity index (χ2n) is 15.8. The Hall–Kier alpha value is -1.36. The van der Waals surface area contributed by atoms with Gasteiger partial charge in [-0.25, -0.2) is 4.39 Å². The van der Waals surface area contributed by atoms with E-state index in [1.165, 1.54) is 6.16 Å². The molecule has 4 heteroatoms. The first-order valence-corrected chi connectivity index (χ1v) is 19.1. The van der Waals surface area contributed by atoms with E-state index >= 15 is 0 Å². The molecule has 0 unspecified atom stereocenters. The third-order valence-corrected chi connectivity index (χ3v) is 16.2. The van der Waals surface area contributed by atoms with Crippen LogP contribution in [-0.4, -0.2) is 15.3 Å². The second-order valence-corrected chi connectivity index (χ2v) is 18.9. The van der Waals surface area contributed by atoms with Gasteiger partial charge in [0.15, 0.2) is 0 Å². The van der Waals surface area contributed by atoms with E-state index in [0.29, 0.717) is 5.56 Å². The Labute approximate surface area is 288 Å². The molecule has 3 aromatic rings. The summed E-state index contributed by atoms with van der Waals surface area (Å²) in [4.78, 5) is 3.78. The van der Waals surface area contributed by atoms with Crippen molar-refractivity contribution in [1.29, 1.82) is 0 Å². The Morgan fingerprint density at radius 3 is 1.58 bits per heavy atom. The summed E-state index contributed by atoms with van der Waals surface area (Å²) in [6, 6.07) is 25.2. The number of benzene rings is 2. The van der Waals surface area contributed by atoms with Gasteiger partial charge in [-0.05, 0) is 141 Å². The van der Waals surface area contributed by atoms with E-state index in [1.54, 1.807) is 95.0 Å². The normalized spacial score (nSPS) is 35.4. The van der Waals surface area contributed by atoms with E-state index in [4.69, 9.17) is 0 Å². The average Bonchev–Trinajstić information content (AvgIpc) is 3.00. The fraction of sp³-hybridized carbons (Fsp3) is 0.585. The molecule has 0 atom stereocenters. The van der Waals surface area contributed by atoms with Crippen molar-refractivity contribution < 1.29 is 25.5 Å². The first-order chi connectivity index (χ1) is 21.4. The fourth-order valence-corrected chi connectivity index (χ4v) is 16.8. The Balaban J connectivity index is 0.000000174. The zero-order valence-electron chi connectivity index (χ0n) is 27.3. The van der Waals surface area contributed by atoms with Gasteiger partial charge in [0, 0.05) is 12.4 Å². The molecule has 1 nitrogen and oxygen atoms in total. The van der Waals surface area contributed by atoms with Gasteiger partial charge >= 0.3 is 21.1 Å². The van der Waals surface area contributed by atoms with Gasteiger partial charge in [-0.3, -0.25) is 4.98 Å². The van der Waals surface area contributed by atoms with Crippen LogP contribution >= 0.6 is 7.92 Å². The number of aryl methyl sites for hydroxylation is 2. The van der Waals surface area contributed by atoms with Gasteiger partial charge in [-0.1, -0.05) is 27.8 Å². The minimum atomic E-state index is -0.414. The number of aromatic nitrogens is 1. The molecule has 8 fully saturated rings. The van der Waals surface area contributed by atoms with E-state index in [-0.39, 0.29) is 29.0 Å². The molecule has 45 heavy (non-hydrogen) atoms. The van der Waals surface area contributed by atoms with Crippen molar-refractivity contribution in [2.45, 2.75) is 114 Å². The summed E-state index contributed by atoms with van der Waals surface area (Å²) in [6.45, 7) is 3.47. The first-order valence-electron chi connectivity index (χ1n) is 17.5. The average molecular weight is 803 g/mol. The standard InChI is InChI=1S/C27H36P.C9H10F.C5H5N.Pt/c1-2-4-19(5-3-1)18-28(26-12-20-6-21(13-26)8-22(7-20)14-26)27-15-23-9-24(16-27)11-25(10-23)17-27;1-7-3-8(2)5-9(4-7)6-10;1-2-4-6-5-3-1;/h1-4,20-25H,6-18H2;3-4H,6H2,1-2H3;1-5H;/q2*-1;;+2. The minimum absolute atomic E-state index is 0. The Morgan fingerprint density at radius 2 is 1.22 bits per heavy atom. The number of nitrogens with zero attached hydrogens (tertiary/aromatic N) is 1. The Kier molecular flexibility index (Phi) is 10.7. The monoisotopic (exact) mass is 802 g/mol. The van der Waals surface area contributed by atoms with Gasteiger partial charge in [0.1, 0.15) is 0 Å². The molecule has 8 bridgehead atoms. The SMILES string of the molecule is Cc1[c-]c(CF)cc(C)c1.[Pt+2].[c-]1ccccc1CP(C12CC3CC(CC(C3)C1)C2)C12CC3CC(CC(C3)C1)C2.c1ccncc1. The topological polar surface area (TPSA) is 12.9 Å². The van der Waals surface area contributed by atoms with Crippen molar-refractivity contribution in [2.24, 2.45) is 35.5 Å². The van der Waals surface area contributed by atoms with E-state index in [1.807, 2.05) is 44.2 Å². The van der Waals surface area contributed by atoms with Gasteiger partial charge in [0.2, 0.25) is 0 Å². The summed E-state index contributed by atoms with van der Waals surface area (Å²) in [7, 11) is 0.0836. The molecule has 1 heterocycles. The van der Waals surface area contributed by atoms with E-state index in [2.05, 4.69) is 41.4 Å². The van der Waals surface area contributed by atoms with Crippen LogP contribution in [0.4, 0.5) is 4.39 Å². The quantitative estimate of drug-likeness (QED) is 0.185. The fourth-order valence-electron chi connectivity index (χ4n) is 11.7. The smallest absolute Gasteiger partial charge is 0.265 e. The van der Waals surface area contributed by atoms with Crippen LogP contribution in [-0.2, 0) is 33.9 Å². The van der Waals surface area contributed by atoms with Crippen LogP contribution in [0.5, 0.6) is 0 Å². The molecule has 0 N–H and O–H groups in total. The number of rotatable bonds is 5. The maximum Gasteiger partial charge on any atom is 2.00 e. The predicted molar refractivity (Wildman–Crippen MR) is 182 cm³/mol. The predicted octanol–water partition coefficient (Wildman–Crippen LogP) is 11.1. The summed E-state index contributed by atoms with van der Waals surface area (Å²) in [6.07, 6.45) is 24.2. The van der Waals surface area contributed by atoms with Crippen molar-refractivity contribution in [2.75, 3.05) is 0 Å². The van der Waals surface area contributed by atoms with E-state index in [9.17, 15) is 4.39 Å². The molecule has 0 aliphatic heterocycles. The molecule has 0 spiro atoms. The van der Waals surface area contributed by atoms with Crippen molar-refractivity contribution >= 4 is 7.92 Å². The summed E-state index contributed by atoms with van der Waals surface area (Å²) < 4.78 is 12.1. The molecule has 1 aromatic heterocycles. The van der Waals surface area contributed by atoms with E-state index in [0.717, 1.165) is 56.9 Å². The number of halogens is 1. The molecule has 8 saturated carbocycles. The first kappa shape index (κ1) is 33.5. The van der Waals surface area contributed by atoms with Crippen LogP contribution in [0.1, 0.15) is 99.3 Å². The molecule has 2 aromatic carbocycles. The molecule has 0 saturated heterocycles. The van der Waals surface area contributed by atoms with Crippen LogP contribution in [0.25, 0.3) is 0 Å². The maximum atomic E-state index is 12.1. The van der Waals surface area contributed by atoms with Crippen molar-refractivity contribution in [3.63, 3.8) is 0 Å². The van der Waals surface area contributed by atoms with Gasteiger partial charge in [0.25, 0.3) is 0 Å². The number of alkyl halides is 1. The zero-order valence-corrected chi connectivity index (χ0v) is 30.5. The number of hydrogen-bond donors (Lipinski definition) is 0. The molecule has 8 aliphatic rings. The van der Waals surface area contributed by atoms with Crippen LogP contribution < -0.4 is 0 Å². The van der Waals surface area contributed by atoms with Gasteiger partial charge in [-0.15, -0.1) is 5.56 Å². The third kappa shape index (κ3) is 7.54. The van der Waals surface area contributed by atoms with Crippen molar-refractivity contribution in [3.05, 3.63) is 101 Å². The number of pyridine rings is 1. The van der Waals surface area contributed by atoms with Gasteiger partial charge < -0.3 is 0 Å². The summed E-state index contributed by atoms with van der Waals surface area (Å²) in [5, 5.41) is 1.53. The molecule has 11 rings (SSSR count). The van der Waals surface area contributed by atoms with Gasteiger partial charge in [0.05, 0.1) is 6.67 Å². The molecular weight excluding hydrogens is 752 g/mol. The van der Waals surface area contributed by atoms with Crippen molar-refractivity contribution in [3.8, 4) is 0 Å². The molecule has 0 radical (unpaired) electrons. The number of hydrogen-bond acceptors (Lipinski definition) is 1. The largest absolute Gasteiger partial charge is 2.00 e. The van der Waals surface area contributed by atoms with Crippen LogP contribution in [0.3, 0.4) is 0 Å². The molecule has 0 amide bonds. The zero-order chi connectivity index (χ0) is 30.1. The van der Waals surface area contributed by atoms with Crippen LogP contribution in [0, 0.1) is 61.5 Å². The van der Waals surface area contributed by atoms with Gasteiger partial charge in [-0.2, -0.15) is 65.2 Å². The molecule has 8 aliphatic carbocycles. The molecular formula is C41H51FNPPt.